The minimum atomic E-state index is -0.935. The van der Waals surface area contributed by atoms with E-state index in [9.17, 15) is 13.6 Å². The number of rotatable bonds is 3. The lowest BCUT2D eigenvalue weighted by atomic mass is 10.0. The molecule has 108 valence electrons. The van der Waals surface area contributed by atoms with Crippen LogP contribution in [0.3, 0.4) is 0 Å². The Morgan fingerprint density at radius 2 is 2.25 bits per heavy atom. The van der Waals surface area contributed by atoms with Crippen LogP contribution in [0, 0.1) is 11.6 Å². The van der Waals surface area contributed by atoms with Gasteiger partial charge in [-0.05, 0) is 31.0 Å². The second-order valence-corrected chi connectivity index (χ2v) is 5.47. The van der Waals surface area contributed by atoms with Crippen molar-refractivity contribution in [3.05, 3.63) is 35.4 Å². The zero-order chi connectivity index (χ0) is 14.1. The predicted molar refractivity (Wildman–Crippen MR) is 69.4 cm³/mol. The van der Waals surface area contributed by atoms with Gasteiger partial charge >= 0.3 is 0 Å². The summed E-state index contributed by atoms with van der Waals surface area (Å²) in [7, 11) is 0. The van der Waals surface area contributed by atoms with Crippen LogP contribution < -0.4 is 0 Å². The van der Waals surface area contributed by atoms with Gasteiger partial charge in [0.1, 0.15) is 6.10 Å². The fourth-order valence-electron chi connectivity index (χ4n) is 3.00. The molecule has 2 aliphatic heterocycles. The zero-order valence-electron chi connectivity index (χ0n) is 11.1. The molecule has 3 rings (SSSR count). The largest absolute Gasteiger partial charge is 0.367 e. The Balaban J connectivity index is 1.66. The highest BCUT2D eigenvalue weighted by Gasteiger charge is 2.35. The first-order valence-electron chi connectivity index (χ1n) is 6.96. The molecule has 1 aromatic rings. The Kier molecular flexibility index (Phi) is 3.81. The van der Waals surface area contributed by atoms with Gasteiger partial charge in [-0.1, -0.05) is 12.1 Å². The highest BCUT2D eigenvalue weighted by Crippen LogP contribution is 2.23. The third kappa shape index (κ3) is 2.60. The molecule has 0 spiro atoms. The van der Waals surface area contributed by atoms with Crippen molar-refractivity contribution in [2.75, 3.05) is 19.7 Å². The molecule has 1 aromatic carbocycles. The van der Waals surface area contributed by atoms with Crippen molar-refractivity contribution in [3.8, 4) is 0 Å². The van der Waals surface area contributed by atoms with Crippen LogP contribution in [0.1, 0.15) is 18.4 Å². The maximum absolute atomic E-state index is 13.6. The summed E-state index contributed by atoms with van der Waals surface area (Å²) in [5.74, 6) is -2.03. The van der Waals surface area contributed by atoms with Crippen molar-refractivity contribution in [3.63, 3.8) is 0 Å². The quantitative estimate of drug-likeness (QED) is 0.848. The van der Waals surface area contributed by atoms with E-state index in [2.05, 4.69) is 4.90 Å². The third-order valence-electron chi connectivity index (χ3n) is 4.14. The van der Waals surface area contributed by atoms with Crippen molar-refractivity contribution in [2.24, 2.45) is 0 Å². The number of carbonyl (C=O) groups excluding carboxylic acids is 1. The molecule has 0 radical (unpaired) electrons. The molecule has 20 heavy (non-hydrogen) atoms. The molecule has 0 N–H and O–H groups in total. The van der Waals surface area contributed by atoms with E-state index in [1.54, 1.807) is 0 Å². The Morgan fingerprint density at radius 1 is 1.40 bits per heavy atom. The molecule has 5 heteroatoms. The number of benzene rings is 1. The lowest BCUT2D eigenvalue weighted by Gasteiger charge is -2.34. The fraction of sp³-hybridized carbons (Fsp3) is 0.533. The highest BCUT2D eigenvalue weighted by molar-refractivity contribution is 5.85. The van der Waals surface area contributed by atoms with Crippen LogP contribution in [0.25, 0.3) is 0 Å². The average Bonchev–Trinajstić information content (AvgIpc) is 2.91. The van der Waals surface area contributed by atoms with Gasteiger partial charge in [0.2, 0.25) is 0 Å². The second-order valence-electron chi connectivity index (χ2n) is 5.47. The van der Waals surface area contributed by atoms with Crippen LogP contribution >= 0.6 is 0 Å². The maximum atomic E-state index is 13.6. The third-order valence-corrected chi connectivity index (χ3v) is 4.14. The van der Waals surface area contributed by atoms with E-state index in [1.807, 2.05) is 0 Å². The Hall–Kier alpha value is -1.33. The molecule has 2 heterocycles. The maximum Gasteiger partial charge on any atom is 0.167 e. The van der Waals surface area contributed by atoms with Crippen molar-refractivity contribution >= 4 is 5.78 Å². The summed E-state index contributed by atoms with van der Waals surface area (Å²) in [5, 5.41) is 0. The number of hydrogen-bond donors (Lipinski definition) is 0. The summed E-state index contributed by atoms with van der Waals surface area (Å²) in [6.45, 7) is 2.12. The Bertz CT molecular complexity index is 521. The van der Waals surface area contributed by atoms with Crippen molar-refractivity contribution in [1.29, 1.82) is 0 Å². The molecule has 2 saturated heterocycles. The summed E-state index contributed by atoms with van der Waals surface area (Å²) in [6.07, 6.45) is 1.60. The van der Waals surface area contributed by atoms with Crippen molar-refractivity contribution in [1.82, 2.24) is 4.90 Å². The van der Waals surface area contributed by atoms with Gasteiger partial charge in [-0.25, -0.2) is 8.78 Å². The van der Waals surface area contributed by atoms with Gasteiger partial charge in [-0.2, -0.15) is 0 Å². The number of carbonyl (C=O) groups is 1. The van der Waals surface area contributed by atoms with Crippen LogP contribution in [0.5, 0.6) is 0 Å². The number of hydrogen-bond acceptors (Lipinski definition) is 3. The van der Waals surface area contributed by atoms with Crippen LogP contribution in [0.15, 0.2) is 18.2 Å². The van der Waals surface area contributed by atoms with Crippen LogP contribution in [-0.4, -0.2) is 42.5 Å². The molecule has 2 atom stereocenters. The second kappa shape index (κ2) is 5.58. The Morgan fingerprint density at radius 3 is 3.10 bits per heavy atom. The summed E-state index contributed by atoms with van der Waals surface area (Å²) in [4.78, 5) is 14.4. The number of fused-ring (bicyclic) bond motifs is 1. The van der Waals surface area contributed by atoms with Crippen LogP contribution in [-0.2, 0) is 16.0 Å². The molecule has 2 aliphatic rings. The van der Waals surface area contributed by atoms with E-state index in [0.29, 0.717) is 19.2 Å². The lowest BCUT2D eigenvalue weighted by molar-refractivity contribution is -0.137. The van der Waals surface area contributed by atoms with E-state index in [1.165, 1.54) is 12.1 Å². The van der Waals surface area contributed by atoms with Crippen molar-refractivity contribution in [2.45, 2.75) is 31.4 Å². The number of ether oxygens (including phenoxy) is 1. The van der Waals surface area contributed by atoms with Gasteiger partial charge < -0.3 is 4.74 Å². The molecule has 0 amide bonds. The first-order chi connectivity index (χ1) is 9.65. The average molecular weight is 281 g/mol. The highest BCUT2D eigenvalue weighted by atomic mass is 19.2. The molecular weight excluding hydrogens is 264 g/mol. The van der Waals surface area contributed by atoms with E-state index < -0.39 is 17.7 Å². The monoisotopic (exact) mass is 281 g/mol. The molecule has 0 aliphatic carbocycles. The standard InChI is InChI=1S/C15H17F2NO2/c16-12-5-1-3-10(15(12)17)7-13(19)14-8-18-6-2-4-11(18)9-20-14/h1,3,5,11,14H,2,4,6-9H2. The Labute approximate surface area is 116 Å². The number of Topliss-reactive ketones (excluding diaryl/α,β-unsaturated/α-hetero) is 1. The number of ketones is 1. The summed E-state index contributed by atoms with van der Waals surface area (Å²) < 4.78 is 32.3. The number of morpholine rings is 1. The van der Waals surface area contributed by atoms with E-state index >= 15 is 0 Å². The topological polar surface area (TPSA) is 29.5 Å². The van der Waals surface area contributed by atoms with Crippen molar-refractivity contribution < 1.29 is 18.3 Å². The first-order valence-corrected chi connectivity index (χ1v) is 6.96. The number of halogens is 2. The van der Waals surface area contributed by atoms with Gasteiger partial charge in [-0.15, -0.1) is 0 Å². The minimum absolute atomic E-state index is 0.0992. The van der Waals surface area contributed by atoms with Gasteiger partial charge in [-0.3, -0.25) is 9.69 Å². The minimum Gasteiger partial charge on any atom is -0.367 e. The van der Waals surface area contributed by atoms with E-state index in [0.717, 1.165) is 25.5 Å². The fourth-order valence-corrected chi connectivity index (χ4v) is 3.00. The van der Waals surface area contributed by atoms with Crippen LogP contribution in [0.4, 0.5) is 8.78 Å². The molecule has 2 unspecified atom stereocenters. The lowest BCUT2D eigenvalue weighted by Crippen LogP contribution is -2.49. The van der Waals surface area contributed by atoms with Crippen LogP contribution in [0.2, 0.25) is 0 Å². The van der Waals surface area contributed by atoms with Gasteiger partial charge in [0.15, 0.2) is 17.4 Å². The number of nitrogens with zero attached hydrogens (tertiary/aromatic N) is 1. The van der Waals surface area contributed by atoms with Gasteiger partial charge in [0.25, 0.3) is 0 Å². The molecule has 2 fully saturated rings. The first kappa shape index (κ1) is 13.6. The van der Waals surface area contributed by atoms with Gasteiger partial charge in [0.05, 0.1) is 6.61 Å². The normalized spacial score (nSPS) is 26.5. The van der Waals surface area contributed by atoms with E-state index in [-0.39, 0.29) is 17.8 Å². The smallest absolute Gasteiger partial charge is 0.167 e. The van der Waals surface area contributed by atoms with Gasteiger partial charge in [0, 0.05) is 19.0 Å². The summed E-state index contributed by atoms with van der Waals surface area (Å²) in [5.41, 5.74) is 0.0992. The molecule has 0 aromatic heterocycles. The summed E-state index contributed by atoms with van der Waals surface area (Å²) in [6, 6.07) is 4.33. The molecule has 3 nitrogen and oxygen atoms in total. The van der Waals surface area contributed by atoms with E-state index in [4.69, 9.17) is 4.74 Å². The SMILES string of the molecule is O=C(Cc1cccc(F)c1F)C1CN2CCCC2CO1. The predicted octanol–water partition coefficient (Wildman–Crippen LogP) is 1.94. The summed E-state index contributed by atoms with van der Waals surface area (Å²) >= 11 is 0. The zero-order valence-corrected chi connectivity index (χ0v) is 11.1. The molecule has 0 saturated carbocycles. The molecular formula is C15H17F2NO2. The molecule has 0 bridgehead atoms.